The minimum Gasteiger partial charge on any atom is -0.361 e. The van der Waals surface area contributed by atoms with Crippen LogP contribution in [0.5, 0.6) is 0 Å². The van der Waals surface area contributed by atoms with Gasteiger partial charge in [0.2, 0.25) is 5.95 Å². The predicted octanol–water partition coefficient (Wildman–Crippen LogP) is 6.79. The van der Waals surface area contributed by atoms with E-state index in [4.69, 9.17) is 33.8 Å². The van der Waals surface area contributed by atoms with E-state index in [1.165, 1.54) is 50.5 Å². The molecule has 0 amide bonds. The molecule has 1 aromatic heterocycles. The van der Waals surface area contributed by atoms with Crippen molar-refractivity contribution in [2.24, 2.45) is 11.8 Å². The van der Waals surface area contributed by atoms with E-state index in [1.54, 1.807) is 0 Å². The van der Waals surface area contributed by atoms with Gasteiger partial charge in [0.25, 0.3) is 0 Å². The Balaban J connectivity index is 1.33. The van der Waals surface area contributed by atoms with E-state index in [9.17, 15) is 0 Å². The summed E-state index contributed by atoms with van der Waals surface area (Å²) in [6, 6.07) is 10.5. The molecule has 0 radical (unpaired) electrons. The summed E-state index contributed by atoms with van der Waals surface area (Å²) in [5.74, 6) is 3.92. The molecule has 2 N–H and O–H groups in total. The van der Waals surface area contributed by atoms with Crippen LogP contribution in [-0.4, -0.2) is 47.8 Å². The normalized spacial score (nSPS) is 23.7. The monoisotopic (exact) mass is 554 g/mol. The van der Waals surface area contributed by atoms with Gasteiger partial charge in [0.1, 0.15) is 11.6 Å². The van der Waals surface area contributed by atoms with Crippen LogP contribution in [0, 0.1) is 11.8 Å². The second kappa shape index (κ2) is 12.4. The molecule has 3 aliphatic rings. The quantitative estimate of drug-likeness (QED) is 0.381. The molecule has 1 aliphatic carbocycles. The maximum absolute atomic E-state index is 6.39. The largest absolute Gasteiger partial charge is 0.361 e. The minimum absolute atomic E-state index is 0.0383. The van der Waals surface area contributed by atoms with Crippen molar-refractivity contribution >= 4 is 46.5 Å². The molecule has 8 heteroatoms. The Morgan fingerprint density at radius 2 is 1.61 bits per heavy atom. The molecule has 0 spiro atoms. The summed E-state index contributed by atoms with van der Waals surface area (Å²) in [6.45, 7) is 9.62. The van der Waals surface area contributed by atoms with Gasteiger partial charge in [-0.1, -0.05) is 56.8 Å². The van der Waals surface area contributed by atoms with Crippen LogP contribution in [0.15, 0.2) is 30.3 Å². The molecule has 5 rings (SSSR count). The van der Waals surface area contributed by atoms with E-state index in [1.807, 2.05) is 6.07 Å². The van der Waals surface area contributed by atoms with E-state index in [0.29, 0.717) is 22.9 Å². The molecular weight excluding hydrogens is 512 g/mol. The number of halogens is 1. The molecule has 38 heavy (non-hydrogen) atoms. The Kier molecular flexibility index (Phi) is 8.94. The summed E-state index contributed by atoms with van der Waals surface area (Å²) >= 11 is 12.2. The maximum atomic E-state index is 6.39. The Labute approximate surface area is 238 Å². The van der Waals surface area contributed by atoms with Crippen molar-refractivity contribution < 1.29 is 0 Å². The Morgan fingerprint density at radius 1 is 0.947 bits per heavy atom. The third-order valence-electron chi connectivity index (χ3n) is 8.63. The van der Waals surface area contributed by atoms with E-state index in [-0.39, 0.29) is 5.41 Å². The number of hydrogen-bond donors (Lipinski definition) is 2. The van der Waals surface area contributed by atoms with Crippen molar-refractivity contribution in [3.05, 3.63) is 40.9 Å². The summed E-state index contributed by atoms with van der Waals surface area (Å²) in [4.78, 5) is 14.8. The molecule has 2 aliphatic heterocycles. The maximum Gasteiger partial charge on any atom is 0.232 e. The molecule has 1 aromatic carbocycles. The molecule has 206 valence electrons. The number of aromatic nitrogens is 2. The molecule has 0 unspecified atom stereocenters. The lowest BCUT2D eigenvalue weighted by Gasteiger charge is -2.38. The van der Waals surface area contributed by atoms with Gasteiger partial charge in [0, 0.05) is 49.2 Å². The van der Waals surface area contributed by atoms with Crippen molar-refractivity contribution in [2.75, 3.05) is 47.8 Å². The minimum atomic E-state index is 0.0383. The fourth-order valence-corrected chi connectivity index (χ4v) is 7.14. The lowest BCUT2D eigenvalue weighted by molar-refractivity contribution is 0.292. The lowest BCUT2D eigenvalue weighted by atomic mass is 9.69. The highest BCUT2D eigenvalue weighted by molar-refractivity contribution is 7.80. The topological polar surface area (TPSA) is 56.3 Å². The molecule has 1 saturated carbocycles. The standard InChI is InChI=1S/C30H43ClN6S/c1-22-16-23(2)20-37(19-22)27-18-26(36-14-7-4-8-15-36)33-28(34-27)35-29(38)32-21-30(12-5-3-6-13-30)24-10-9-11-25(31)17-24/h9-11,17-18,22-23H,3-8,12-16,19-21H2,1-2H3,(H2,32,33,34,35,38)/t22-,23+. The average Bonchev–Trinajstić information content (AvgIpc) is 2.92. The first-order valence-corrected chi connectivity index (χ1v) is 15.4. The SMILES string of the molecule is C[C@@H]1C[C@H](C)CN(c2cc(N3CCCCC3)nc(NC(=S)NCC3(c4cccc(Cl)c4)CCCCC3)n2)C1. The van der Waals surface area contributed by atoms with E-state index >= 15 is 0 Å². The highest BCUT2D eigenvalue weighted by atomic mass is 35.5. The highest BCUT2D eigenvalue weighted by Crippen LogP contribution is 2.40. The van der Waals surface area contributed by atoms with Crippen LogP contribution < -0.4 is 20.4 Å². The van der Waals surface area contributed by atoms with Crippen molar-refractivity contribution in [2.45, 2.75) is 77.0 Å². The van der Waals surface area contributed by atoms with Gasteiger partial charge in [0.05, 0.1) is 0 Å². The van der Waals surface area contributed by atoms with Gasteiger partial charge in [-0.15, -0.1) is 0 Å². The molecule has 6 nitrogen and oxygen atoms in total. The first kappa shape index (κ1) is 27.4. The zero-order valence-corrected chi connectivity index (χ0v) is 24.6. The Bertz CT molecular complexity index is 1090. The number of hydrogen-bond acceptors (Lipinski definition) is 5. The number of thiocarbonyl (C=S) groups is 1. The van der Waals surface area contributed by atoms with Gasteiger partial charge in [-0.2, -0.15) is 9.97 Å². The third kappa shape index (κ3) is 6.71. The molecule has 2 atom stereocenters. The van der Waals surface area contributed by atoms with Crippen LogP contribution in [0.2, 0.25) is 5.02 Å². The summed E-state index contributed by atoms with van der Waals surface area (Å²) < 4.78 is 0. The van der Waals surface area contributed by atoms with Crippen molar-refractivity contribution in [1.82, 2.24) is 15.3 Å². The van der Waals surface area contributed by atoms with Crippen LogP contribution in [0.4, 0.5) is 17.6 Å². The van der Waals surface area contributed by atoms with Gasteiger partial charge < -0.3 is 20.4 Å². The van der Waals surface area contributed by atoms with Gasteiger partial charge in [-0.05, 0) is 80.3 Å². The predicted molar refractivity (Wildman–Crippen MR) is 164 cm³/mol. The number of rotatable bonds is 6. The lowest BCUT2D eigenvalue weighted by Crippen LogP contribution is -2.44. The summed E-state index contributed by atoms with van der Waals surface area (Å²) in [6.07, 6.45) is 11.0. The van der Waals surface area contributed by atoms with Crippen molar-refractivity contribution in [3.63, 3.8) is 0 Å². The number of anilines is 3. The number of benzene rings is 1. The fourth-order valence-electron chi connectivity index (χ4n) is 6.78. The van der Waals surface area contributed by atoms with Crippen LogP contribution in [0.25, 0.3) is 0 Å². The van der Waals surface area contributed by atoms with Crippen molar-refractivity contribution in [1.29, 1.82) is 0 Å². The third-order valence-corrected chi connectivity index (χ3v) is 9.11. The fraction of sp³-hybridized carbons (Fsp3) is 0.633. The molecule has 3 fully saturated rings. The van der Waals surface area contributed by atoms with E-state index in [2.05, 4.69) is 58.5 Å². The molecule has 2 saturated heterocycles. The molecule has 2 aromatic rings. The second-order valence-corrected chi connectivity index (χ2v) is 12.8. The first-order valence-electron chi connectivity index (χ1n) is 14.6. The first-order chi connectivity index (χ1) is 18.4. The zero-order valence-electron chi connectivity index (χ0n) is 23.0. The number of nitrogens with one attached hydrogen (secondary N) is 2. The van der Waals surface area contributed by atoms with Gasteiger partial charge in [-0.3, -0.25) is 0 Å². The van der Waals surface area contributed by atoms with Crippen LogP contribution in [0.1, 0.15) is 77.2 Å². The smallest absolute Gasteiger partial charge is 0.232 e. The van der Waals surface area contributed by atoms with Gasteiger partial charge in [-0.25, -0.2) is 0 Å². The Morgan fingerprint density at radius 3 is 2.29 bits per heavy atom. The highest BCUT2D eigenvalue weighted by Gasteiger charge is 2.34. The molecule has 0 bridgehead atoms. The Hall–Kier alpha value is -2.12. The van der Waals surface area contributed by atoms with E-state index < -0.39 is 0 Å². The van der Waals surface area contributed by atoms with Gasteiger partial charge in [0.15, 0.2) is 5.11 Å². The summed E-state index contributed by atoms with van der Waals surface area (Å²) in [5, 5.41) is 8.28. The van der Waals surface area contributed by atoms with E-state index in [0.717, 1.165) is 62.2 Å². The van der Waals surface area contributed by atoms with Gasteiger partial charge >= 0.3 is 0 Å². The summed E-state index contributed by atoms with van der Waals surface area (Å²) in [5.41, 5.74) is 1.34. The number of nitrogens with zero attached hydrogens (tertiary/aromatic N) is 4. The van der Waals surface area contributed by atoms with Crippen LogP contribution in [0.3, 0.4) is 0 Å². The average molecular weight is 555 g/mol. The molecule has 3 heterocycles. The molecular formula is C30H43ClN6S. The number of piperidine rings is 2. The van der Waals surface area contributed by atoms with Crippen molar-refractivity contribution in [3.8, 4) is 0 Å². The summed E-state index contributed by atoms with van der Waals surface area (Å²) in [7, 11) is 0. The van der Waals surface area contributed by atoms with Crippen LogP contribution >= 0.6 is 23.8 Å². The zero-order chi connectivity index (χ0) is 26.5. The van der Waals surface area contributed by atoms with Crippen LogP contribution in [-0.2, 0) is 5.41 Å². The second-order valence-electron chi connectivity index (χ2n) is 12.0.